The molecule has 140 valence electrons. The van der Waals surface area contributed by atoms with Gasteiger partial charge in [0.25, 0.3) is 0 Å². The minimum absolute atomic E-state index is 0.0133. The number of halogens is 1. The monoisotopic (exact) mass is 358 g/mol. The smallest absolute Gasteiger partial charge is 0.224 e. The highest BCUT2D eigenvalue weighted by Crippen LogP contribution is 2.19. The number of hydrogen-bond acceptors (Lipinski definition) is 3. The second-order valence-electron chi connectivity index (χ2n) is 7.36. The van der Waals surface area contributed by atoms with Crippen LogP contribution in [0.2, 0.25) is 0 Å². The van der Waals surface area contributed by atoms with Crippen LogP contribution in [0, 0.1) is 18.7 Å². The molecule has 0 aliphatic carbocycles. The van der Waals surface area contributed by atoms with Gasteiger partial charge in [-0.2, -0.15) is 5.10 Å². The number of aromatic amines is 1. The van der Waals surface area contributed by atoms with Crippen LogP contribution in [0.1, 0.15) is 36.7 Å². The number of hydrogen-bond donors (Lipinski definition) is 2. The maximum atomic E-state index is 13.4. The van der Waals surface area contributed by atoms with Crippen LogP contribution in [-0.4, -0.2) is 40.1 Å². The molecule has 2 N–H and O–H groups in total. The molecular formula is C20H27FN4O. The molecule has 3 rings (SSSR count). The minimum Gasteiger partial charge on any atom is -0.353 e. The van der Waals surface area contributed by atoms with Crippen molar-refractivity contribution in [3.05, 3.63) is 53.1 Å². The first-order chi connectivity index (χ1) is 12.5. The molecule has 1 fully saturated rings. The molecule has 1 aromatic heterocycles. The Morgan fingerprint density at radius 1 is 1.46 bits per heavy atom. The largest absolute Gasteiger partial charge is 0.353 e. The number of amides is 1. The highest BCUT2D eigenvalue weighted by molar-refractivity contribution is 5.79. The number of nitrogens with zero attached hydrogens (tertiary/aromatic N) is 2. The lowest BCUT2D eigenvalue weighted by Gasteiger charge is -2.32. The number of aromatic nitrogens is 2. The Kier molecular flexibility index (Phi) is 6.04. The standard InChI is InChI=1S/C20H27FN4O/c1-14(9-19-10-15(2)23-24-19)22-20(26)17-6-4-8-25(13-17)12-16-5-3-7-18(21)11-16/h3,5,7,10-11,14,17H,4,6,8-9,12-13H2,1-2H3,(H,22,26)(H,23,24). The molecule has 2 aromatic rings. The SMILES string of the molecule is Cc1cc(CC(C)NC(=O)C2CCCN(Cc3cccc(F)c3)C2)n[nH]1. The Balaban J connectivity index is 1.50. The van der Waals surface area contributed by atoms with Crippen molar-refractivity contribution in [1.82, 2.24) is 20.4 Å². The van der Waals surface area contributed by atoms with E-state index in [9.17, 15) is 9.18 Å². The molecule has 1 aliphatic rings. The fourth-order valence-electron chi connectivity index (χ4n) is 3.61. The molecule has 2 atom stereocenters. The van der Waals surface area contributed by atoms with E-state index in [1.165, 1.54) is 6.07 Å². The fourth-order valence-corrected chi connectivity index (χ4v) is 3.61. The minimum atomic E-state index is -0.212. The Morgan fingerprint density at radius 2 is 2.31 bits per heavy atom. The van der Waals surface area contributed by atoms with E-state index in [-0.39, 0.29) is 23.7 Å². The first-order valence-corrected chi connectivity index (χ1v) is 9.27. The molecule has 1 amide bonds. The number of H-pyrrole nitrogens is 1. The number of nitrogens with one attached hydrogen (secondary N) is 2. The molecule has 1 aromatic carbocycles. The van der Waals surface area contributed by atoms with Gasteiger partial charge in [0.05, 0.1) is 11.6 Å². The Labute approximate surface area is 154 Å². The summed E-state index contributed by atoms with van der Waals surface area (Å²) in [4.78, 5) is 14.9. The number of carbonyl (C=O) groups excluding carboxylic acids is 1. The lowest BCUT2D eigenvalue weighted by atomic mass is 9.96. The van der Waals surface area contributed by atoms with Crippen molar-refractivity contribution < 1.29 is 9.18 Å². The highest BCUT2D eigenvalue weighted by atomic mass is 19.1. The topological polar surface area (TPSA) is 61.0 Å². The van der Waals surface area contributed by atoms with E-state index in [2.05, 4.69) is 20.4 Å². The summed E-state index contributed by atoms with van der Waals surface area (Å²) < 4.78 is 13.4. The number of benzene rings is 1. The zero-order valence-electron chi connectivity index (χ0n) is 15.5. The van der Waals surface area contributed by atoms with Crippen molar-refractivity contribution in [3.8, 4) is 0 Å². The van der Waals surface area contributed by atoms with Gasteiger partial charge in [-0.05, 0) is 57.0 Å². The van der Waals surface area contributed by atoms with Crippen molar-refractivity contribution in [3.63, 3.8) is 0 Å². The van der Waals surface area contributed by atoms with E-state index in [1.807, 2.05) is 26.0 Å². The van der Waals surface area contributed by atoms with E-state index in [0.29, 0.717) is 6.54 Å². The van der Waals surface area contributed by atoms with E-state index < -0.39 is 0 Å². The van der Waals surface area contributed by atoms with Crippen molar-refractivity contribution in [1.29, 1.82) is 0 Å². The third-order valence-electron chi connectivity index (χ3n) is 4.83. The third kappa shape index (κ3) is 5.14. The predicted octanol–water partition coefficient (Wildman–Crippen LogP) is 2.82. The lowest BCUT2D eigenvalue weighted by molar-refractivity contribution is -0.127. The summed E-state index contributed by atoms with van der Waals surface area (Å²) in [5.74, 6) is -0.120. The van der Waals surface area contributed by atoms with Crippen LogP contribution in [0.4, 0.5) is 4.39 Å². The maximum absolute atomic E-state index is 13.4. The first kappa shape index (κ1) is 18.6. The van der Waals surface area contributed by atoms with Gasteiger partial charge in [0.2, 0.25) is 5.91 Å². The second kappa shape index (κ2) is 8.45. The molecule has 0 spiro atoms. The molecule has 6 heteroatoms. The van der Waals surface area contributed by atoms with E-state index >= 15 is 0 Å². The van der Waals surface area contributed by atoms with Gasteiger partial charge in [-0.1, -0.05) is 12.1 Å². The average Bonchev–Trinajstić information content (AvgIpc) is 2.99. The molecular weight excluding hydrogens is 331 g/mol. The Hall–Kier alpha value is -2.21. The first-order valence-electron chi connectivity index (χ1n) is 9.27. The van der Waals surface area contributed by atoms with Crippen LogP contribution < -0.4 is 5.32 Å². The van der Waals surface area contributed by atoms with Gasteiger partial charge in [0, 0.05) is 31.2 Å². The van der Waals surface area contributed by atoms with Gasteiger partial charge in [-0.15, -0.1) is 0 Å². The highest BCUT2D eigenvalue weighted by Gasteiger charge is 2.26. The van der Waals surface area contributed by atoms with E-state index in [1.54, 1.807) is 12.1 Å². The zero-order valence-corrected chi connectivity index (χ0v) is 15.5. The fraction of sp³-hybridized carbons (Fsp3) is 0.500. The average molecular weight is 358 g/mol. The Morgan fingerprint density at radius 3 is 3.04 bits per heavy atom. The van der Waals surface area contributed by atoms with Gasteiger partial charge >= 0.3 is 0 Å². The Bertz CT molecular complexity index is 745. The van der Waals surface area contributed by atoms with E-state index in [0.717, 1.165) is 49.3 Å². The molecule has 1 aliphatic heterocycles. The summed E-state index contributed by atoms with van der Waals surface area (Å²) in [5, 5.41) is 10.3. The number of piperidine rings is 1. The molecule has 5 nitrogen and oxygen atoms in total. The molecule has 2 heterocycles. The zero-order chi connectivity index (χ0) is 18.5. The van der Waals surface area contributed by atoms with Gasteiger partial charge < -0.3 is 5.32 Å². The van der Waals surface area contributed by atoms with Crippen molar-refractivity contribution in [2.24, 2.45) is 5.92 Å². The third-order valence-corrected chi connectivity index (χ3v) is 4.83. The summed E-state index contributed by atoms with van der Waals surface area (Å²) in [6, 6.07) is 8.74. The van der Waals surface area contributed by atoms with Crippen molar-refractivity contribution >= 4 is 5.91 Å². The molecule has 2 unspecified atom stereocenters. The van der Waals surface area contributed by atoms with Crippen LogP contribution in [0.5, 0.6) is 0 Å². The quantitative estimate of drug-likeness (QED) is 0.835. The summed E-state index contributed by atoms with van der Waals surface area (Å²) >= 11 is 0. The van der Waals surface area contributed by atoms with Crippen molar-refractivity contribution in [2.45, 2.75) is 45.7 Å². The van der Waals surface area contributed by atoms with Crippen LogP contribution >= 0.6 is 0 Å². The number of rotatable bonds is 6. The second-order valence-corrected chi connectivity index (χ2v) is 7.36. The van der Waals surface area contributed by atoms with Crippen molar-refractivity contribution in [2.75, 3.05) is 13.1 Å². The number of aryl methyl sites for hydroxylation is 1. The number of carbonyl (C=O) groups is 1. The summed E-state index contributed by atoms with van der Waals surface area (Å²) in [6.45, 7) is 6.33. The maximum Gasteiger partial charge on any atom is 0.224 e. The summed E-state index contributed by atoms with van der Waals surface area (Å²) in [6.07, 6.45) is 2.61. The molecule has 1 saturated heterocycles. The van der Waals surface area contributed by atoms with Gasteiger partial charge in [-0.3, -0.25) is 14.8 Å². The van der Waals surface area contributed by atoms with Gasteiger partial charge in [0.15, 0.2) is 0 Å². The van der Waals surface area contributed by atoms with Crippen LogP contribution in [0.15, 0.2) is 30.3 Å². The predicted molar refractivity (Wildman–Crippen MR) is 99.0 cm³/mol. The summed E-state index contributed by atoms with van der Waals surface area (Å²) in [7, 11) is 0. The lowest BCUT2D eigenvalue weighted by Crippen LogP contribution is -2.45. The molecule has 0 saturated carbocycles. The number of likely N-dealkylation sites (tertiary alicyclic amines) is 1. The van der Waals surface area contributed by atoms with Gasteiger partial charge in [-0.25, -0.2) is 4.39 Å². The normalized spacial score (nSPS) is 19.3. The van der Waals surface area contributed by atoms with E-state index in [4.69, 9.17) is 0 Å². The molecule has 26 heavy (non-hydrogen) atoms. The molecule has 0 radical (unpaired) electrons. The molecule has 0 bridgehead atoms. The van der Waals surface area contributed by atoms with Crippen LogP contribution in [-0.2, 0) is 17.8 Å². The van der Waals surface area contributed by atoms with Crippen LogP contribution in [0.3, 0.4) is 0 Å². The summed E-state index contributed by atoms with van der Waals surface area (Å²) in [5.41, 5.74) is 2.94. The van der Waals surface area contributed by atoms with Crippen LogP contribution in [0.25, 0.3) is 0 Å². The van der Waals surface area contributed by atoms with Gasteiger partial charge in [0.1, 0.15) is 5.82 Å².